The van der Waals surface area contributed by atoms with E-state index in [2.05, 4.69) is 14.2 Å². The zero-order chi connectivity index (χ0) is 23.9. The van der Waals surface area contributed by atoms with Crippen LogP contribution in [0.5, 0.6) is 0 Å². The van der Waals surface area contributed by atoms with Crippen molar-refractivity contribution in [3.8, 4) is 0 Å². The fourth-order valence-electron chi connectivity index (χ4n) is 4.05. The van der Waals surface area contributed by atoms with Crippen LogP contribution in [-0.4, -0.2) is 66.9 Å². The van der Waals surface area contributed by atoms with Crippen LogP contribution in [0.4, 0.5) is 0 Å². The largest absolute Gasteiger partial charge is 0.463 e. The lowest BCUT2D eigenvalue weighted by Gasteiger charge is -2.32. The van der Waals surface area contributed by atoms with E-state index in [0.717, 1.165) is 5.30 Å². The number of thiazole rings is 1. The second kappa shape index (κ2) is 9.43. The summed E-state index contributed by atoms with van der Waals surface area (Å²) >= 11 is 8.02. The fraction of sp³-hybridized carbons (Fsp3) is 0.381. The molecule has 1 unspecified atom stereocenters. The highest BCUT2D eigenvalue weighted by Crippen LogP contribution is 2.43. The first kappa shape index (κ1) is 24.3. The number of halogens is 1. The van der Waals surface area contributed by atoms with Crippen molar-refractivity contribution in [1.82, 2.24) is 14.2 Å². The zero-order valence-corrected chi connectivity index (χ0v) is 21.9. The van der Waals surface area contributed by atoms with Gasteiger partial charge >= 0.3 is 5.97 Å². The quantitative estimate of drug-likeness (QED) is 0.424. The summed E-state index contributed by atoms with van der Waals surface area (Å²) in [7, 11) is 0.714. The number of hydrogen-bond donors (Lipinski definition) is 0. The van der Waals surface area contributed by atoms with Gasteiger partial charge in [-0.1, -0.05) is 23.7 Å². The van der Waals surface area contributed by atoms with Crippen molar-refractivity contribution in [2.75, 3.05) is 26.5 Å². The minimum Gasteiger partial charge on any atom is -0.463 e. The van der Waals surface area contributed by atoms with Crippen LogP contribution in [0, 0.1) is 0 Å². The molecular formula is C21H24ClN4O4PS2. The molecule has 0 N–H and O–H groups in total. The summed E-state index contributed by atoms with van der Waals surface area (Å²) in [5.41, 5.74) is 1.73. The number of aromatic nitrogens is 1. The average molecular weight is 527 g/mol. The van der Waals surface area contributed by atoms with Gasteiger partial charge in [-0.3, -0.25) is 4.99 Å². The summed E-state index contributed by atoms with van der Waals surface area (Å²) < 4.78 is 31.3. The molecule has 2 aliphatic rings. The number of hydrogen-bond acceptors (Lipinski definition) is 8. The van der Waals surface area contributed by atoms with Crippen LogP contribution >= 0.6 is 32.2 Å². The molecular weight excluding hydrogens is 503 g/mol. The third-order valence-corrected chi connectivity index (χ3v) is 8.51. The lowest BCUT2D eigenvalue weighted by atomic mass is 9.94. The van der Waals surface area contributed by atoms with Gasteiger partial charge in [-0.15, -0.1) is 20.6 Å². The van der Waals surface area contributed by atoms with Gasteiger partial charge < -0.3 is 9.64 Å². The van der Waals surface area contributed by atoms with Gasteiger partial charge in [0.15, 0.2) is 10.8 Å². The van der Waals surface area contributed by atoms with Gasteiger partial charge in [0.05, 0.1) is 18.4 Å². The van der Waals surface area contributed by atoms with Gasteiger partial charge in [0.25, 0.3) is 0 Å². The molecule has 1 fully saturated rings. The predicted octanol–water partition coefficient (Wildman–Crippen LogP) is 2.58. The van der Waals surface area contributed by atoms with Crippen LogP contribution in [0.15, 0.2) is 46.0 Å². The maximum absolute atomic E-state index is 13.2. The van der Waals surface area contributed by atoms with Crippen LogP contribution in [0.25, 0.3) is 0 Å². The van der Waals surface area contributed by atoms with Crippen LogP contribution in [-0.2, 0) is 19.6 Å². The van der Waals surface area contributed by atoms with E-state index in [1.165, 1.54) is 21.9 Å². The van der Waals surface area contributed by atoms with E-state index in [1.54, 1.807) is 26.2 Å². The standard InChI is InChI=1S/C21H24ClN4O4PS2/c1-4-30-21(27)17-16-9-12(25(2)33(3,28)29)11-26(16)19(20-23-7-8-32-20)24-18(17)14-6-5-13(31)10-15(14)22/h5-8,10,12,18H,4,9,11,31H2,1-3H3/t12-,18-/m0/s1. The van der Waals surface area contributed by atoms with Crippen molar-refractivity contribution >= 4 is 59.3 Å². The summed E-state index contributed by atoms with van der Waals surface area (Å²) in [5, 5.41) is 3.92. The summed E-state index contributed by atoms with van der Waals surface area (Å²) in [6, 6.07) is 4.47. The minimum atomic E-state index is -3.43. The van der Waals surface area contributed by atoms with Crippen molar-refractivity contribution in [3.05, 3.63) is 56.6 Å². The Morgan fingerprint density at radius 3 is 2.79 bits per heavy atom. The van der Waals surface area contributed by atoms with Gasteiger partial charge in [-0.05, 0) is 18.3 Å². The molecule has 2 aromatic rings. The number of esters is 1. The lowest BCUT2D eigenvalue weighted by molar-refractivity contribution is -0.139. The fourth-order valence-corrected chi connectivity index (χ4v) is 6.03. The molecule has 8 nitrogen and oxygen atoms in total. The normalized spacial score (nSPS) is 20.8. The Morgan fingerprint density at radius 2 is 2.18 bits per heavy atom. The van der Waals surface area contributed by atoms with Crippen LogP contribution in [0.3, 0.4) is 0 Å². The first-order valence-electron chi connectivity index (χ1n) is 10.2. The first-order chi connectivity index (χ1) is 15.6. The number of nitrogens with zero attached hydrogens (tertiary/aromatic N) is 4. The number of likely N-dealkylation sites (N-methyl/N-ethyl adjacent to an activating group) is 1. The molecule has 1 aromatic carbocycles. The second-order valence-corrected chi connectivity index (χ2v) is 11.8. The molecule has 3 heterocycles. The van der Waals surface area contributed by atoms with Crippen LogP contribution < -0.4 is 5.30 Å². The van der Waals surface area contributed by atoms with Crippen molar-refractivity contribution in [2.45, 2.75) is 25.4 Å². The average Bonchev–Trinajstić information content (AvgIpc) is 3.42. The number of ether oxygens (including phenoxy) is 1. The van der Waals surface area contributed by atoms with Crippen LogP contribution in [0.2, 0.25) is 5.02 Å². The number of amidine groups is 1. The Balaban J connectivity index is 1.91. The highest BCUT2D eigenvalue weighted by molar-refractivity contribution is 7.88. The Labute approximate surface area is 204 Å². The summed E-state index contributed by atoms with van der Waals surface area (Å²) in [4.78, 5) is 24.5. The van der Waals surface area contributed by atoms with Crippen molar-refractivity contribution in [1.29, 1.82) is 0 Å². The topological polar surface area (TPSA) is 92.2 Å². The summed E-state index contributed by atoms with van der Waals surface area (Å²) in [6.45, 7) is 2.30. The van der Waals surface area contributed by atoms with E-state index in [9.17, 15) is 13.2 Å². The molecule has 33 heavy (non-hydrogen) atoms. The molecule has 176 valence electrons. The van der Waals surface area contributed by atoms with Gasteiger partial charge in [-0.25, -0.2) is 18.2 Å². The van der Waals surface area contributed by atoms with Crippen molar-refractivity contribution < 1.29 is 17.9 Å². The molecule has 0 amide bonds. The molecule has 3 atom stereocenters. The number of fused-ring (bicyclic) bond motifs is 1. The minimum absolute atomic E-state index is 0.205. The van der Waals surface area contributed by atoms with Crippen molar-refractivity contribution in [2.24, 2.45) is 4.99 Å². The summed E-state index contributed by atoms with van der Waals surface area (Å²) in [6.07, 6.45) is 3.21. The molecule has 0 aliphatic carbocycles. The molecule has 12 heteroatoms. The molecule has 1 aromatic heterocycles. The molecule has 0 saturated carbocycles. The maximum Gasteiger partial charge on any atom is 0.338 e. The van der Waals surface area contributed by atoms with Gasteiger partial charge in [-0.2, -0.15) is 4.31 Å². The van der Waals surface area contributed by atoms with E-state index >= 15 is 0 Å². The summed E-state index contributed by atoms with van der Waals surface area (Å²) in [5.74, 6) is 0.103. The Morgan fingerprint density at radius 1 is 1.42 bits per heavy atom. The first-order valence-corrected chi connectivity index (χ1v) is 13.9. The monoisotopic (exact) mass is 526 g/mol. The molecule has 0 radical (unpaired) electrons. The third kappa shape index (κ3) is 4.72. The number of sulfonamides is 1. The van der Waals surface area contributed by atoms with Crippen LogP contribution in [0.1, 0.15) is 30.0 Å². The third-order valence-electron chi connectivity index (χ3n) is 5.71. The van der Waals surface area contributed by atoms with Crippen molar-refractivity contribution in [3.63, 3.8) is 0 Å². The highest BCUT2D eigenvalue weighted by Gasteiger charge is 2.44. The number of carbonyl (C=O) groups is 1. The lowest BCUT2D eigenvalue weighted by Crippen LogP contribution is -2.40. The van der Waals surface area contributed by atoms with E-state index < -0.39 is 22.0 Å². The number of rotatable bonds is 6. The predicted molar refractivity (Wildman–Crippen MR) is 134 cm³/mol. The maximum atomic E-state index is 13.2. The smallest absolute Gasteiger partial charge is 0.338 e. The highest BCUT2D eigenvalue weighted by atomic mass is 35.5. The molecule has 0 spiro atoms. The van der Waals surface area contributed by atoms with Gasteiger partial charge in [0, 0.05) is 53.9 Å². The molecule has 2 aliphatic heterocycles. The zero-order valence-electron chi connectivity index (χ0n) is 18.4. The number of benzene rings is 1. The Bertz CT molecular complexity index is 1250. The molecule has 4 rings (SSSR count). The van der Waals surface area contributed by atoms with Gasteiger partial charge in [0.2, 0.25) is 10.0 Å². The van der Waals surface area contributed by atoms with Gasteiger partial charge in [0.1, 0.15) is 6.04 Å². The molecule has 0 bridgehead atoms. The van der Waals surface area contributed by atoms with E-state index in [1.807, 2.05) is 22.4 Å². The Hall–Kier alpha value is -1.84. The number of aliphatic imine (C=N–C) groups is 1. The molecule has 1 saturated heterocycles. The number of carbonyl (C=O) groups excluding carboxylic acids is 1. The Kier molecular flexibility index (Phi) is 6.94. The van der Waals surface area contributed by atoms with E-state index in [4.69, 9.17) is 21.3 Å². The van der Waals surface area contributed by atoms with E-state index in [0.29, 0.717) is 45.7 Å². The SMILES string of the molecule is CCOC(=O)C1=C2C[C@H](N(C)S(C)(=O)=O)CN2C(c2nccs2)=N[C@H]1c1ccc(P)cc1Cl. The second-order valence-electron chi connectivity index (χ2n) is 7.80. The van der Waals surface area contributed by atoms with E-state index in [-0.39, 0.29) is 12.6 Å².